The van der Waals surface area contributed by atoms with Gasteiger partial charge in [0, 0.05) is 29.3 Å². The number of hydrogen-bond donors (Lipinski definition) is 2. The zero-order valence-electron chi connectivity index (χ0n) is 14.2. The first kappa shape index (κ1) is 14.7. The summed E-state index contributed by atoms with van der Waals surface area (Å²) in [6.45, 7) is 0.855. The molecule has 0 radical (unpaired) electrons. The topological polar surface area (TPSA) is 53.1 Å². The summed E-state index contributed by atoms with van der Waals surface area (Å²) in [6.07, 6.45) is 1.52. The number of benzene rings is 2. The van der Waals surface area contributed by atoms with Gasteiger partial charge >= 0.3 is 5.97 Å². The van der Waals surface area contributed by atoms with Gasteiger partial charge in [-0.15, -0.1) is 0 Å². The monoisotopic (exact) mass is 333 g/mol. The van der Waals surface area contributed by atoms with E-state index in [0.29, 0.717) is 10.9 Å². The molecule has 1 aromatic heterocycles. The molecular weight excluding hydrogens is 312 g/mol. The molecule has 4 heteroatoms. The van der Waals surface area contributed by atoms with E-state index >= 15 is 0 Å². The number of aromatic amines is 1. The van der Waals surface area contributed by atoms with Crippen LogP contribution in [0, 0.1) is 0 Å². The molecule has 126 valence electrons. The highest BCUT2D eigenvalue weighted by atomic mass is 16.4. The van der Waals surface area contributed by atoms with Crippen molar-refractivity contribution in [3.05, 3.63) is 70.9 Å². The summed E-state index contributed by atoms with van der Waals surface area (Å²) in [5.41, 5.74) is 6.11. The number of quaternary nitrogens is 1. The Kier molecular flexibility index (Phi) is 2.92. The van der Waals surface area contributed by atoms with Crippen LogP contribution in [0.2, 0.25) is 0 Å². The number of aromatic nitrogens is 1. The molecule has 3 aromatic rings. The molecule has 25 heavy (non-hydrogen) atoms. The molecule has 0 fully saturated rings. The standard InChI is InChI=1S/C21H20N2O2/c1-23-11-10-13-6-2-3-7-14(13)20(23)19-16(12-18(23)21(24)25)15-8-4-5-9-17(15)22-19/h2-9,18,20,22H,10-12H2,1H3/p+1. The maximum Gasteiger partial charge on any atom is 0.362 e. The third kappa shape index (κ3) is 1.89. The number of carboxylic acid groups (broad SMARTS) is 1. The fraction of sp³-hybridized carbons (Fsp3) is 0.286. The average molecular weight is 333 g/mol. The van der Waals surface area contributed by atoms with E-state index in [1.165, 1.54) is 22.4 Å². The minimum atomic E-state index is -0.692. The number of H-pyrrole nitrogens is 1. The van der Waals surface area contributed by atoms with Gasteiger partial charge < -0.3 is 14.6 Å². The first-order valence-electron chi connectivity index (χ1n) is 8.84. The predicted octanol–water partition coefficient (Wildman–Crippen LogP) is 3.27. The van der Waals surface area contributed by atoms with Crippen molar-refractivity contribution in [3.63, 3.8) is 0 Å². The lowest BCUT2D eigenvalue weighted by atomic mass is 9.80. The van der Waals surface area contributed by atoms with Crippen molar-refractivity contribution < 1.29 is 14.4 Å². The van der Waals surface area contributed by atoms with Crippen molar-refractivity contribution in [1.29, 1.82) is 0 Å². The number of nitrogens with one attached hydrogen (secondary N) is 1. The quantitative estimate of drug-likeness (QED) is 0.672. The molecule has 0 bridgehead atoms. The molecule has 5 rings (SSSR count). The third-order valence-electron chi connectivity index (χ3n) is 6.32. The summed E-state index contributed by atoms with van der Waals surface area (Å²) in [4.78, 5) is 15.8. The summed E-state index contributed by atoms with van der Waals surface area (Å²) in [5.74, 6) is -0.692. The van der Waals surface area contributed by atoms with Crippen molar-refractivity contribution in [2.75, 3.05) is 13.6 Å². The molecule has 3 unspecified atom stereocenters. The minimum absolute atomic E-state index is 0.0576. The van der Waals surface area contributed by atoms with Gasteiger partial charge in [-0.05, 0) is 17.2 Å². The SMILES string of the molecule is C[N+]12CCc3ccccc3C1c1[nH]c3ccccc3c1CC2C(=O)O. The molecule has 4 nitrogen and oxygen atoms in total. The molecular formula is C21H21N2O2+. The Balaban J connectivity index is 1.84. The number of carbonyl (C=O) groups is 1. The molecule has 0 saturated heterocycles. The maximum atomic E-state index is 12.2. The largest absolute Gasteiger partial charge is 0.477 e. The first-order valence-corrected chi connectivity index (χ1v) is 8.84. The number of aliphatic carboxylic acids is 1. The van der Waals surface area contributed by atoms with E-state index < -0.39 is 12.0 Å². The van der Waals surface area contributed by atoms with Gasteiger partial charge in [-0.3, -0.25) is 0 Å². The normalized spacial score (nSPS) is 27.4. The number of carboxylic acids is 1. The fourth-order valence-electron chi connectivity index (χ4n) is 5.04. The highest BCUT2D eigenvalue weighted by molar-refractivity contribution is 5.86. The summed E-state index contributed by atoms with van der Waals surface area (Å²) >= 11 is 0. The van der Waals surface area contributed by atoms with Crippen molar-refractivity contribution in [2.45, 2.75) is 24.9 Å². The molecule has 0 aliphatic carbocycles. The molecule has 3 atom stereocenters. The molecule has 2 aliphatic heterocycles. The zero-order valence-corrected chi connectivity index (χ0v) is 14.2. The summed E-state index contributed by atoms with van der Waals surface area (Å²) < 4.78 is 0.548. The van der Waals surface area contributed by atoms with Gasteiger partial charge in [-0.2, -0.15) is 0 Å². The van der Waals surface area contributed by atoms with E-state index in [0.717, 1.165) is 23.9 Å². The van der Waals surface area contributed by atoms with Crippen LogP contribution >= 0.6 is 0 Å². The number of rotatable bonds is 1. The zero-order chi connectivity index (χ0) is 17.2. The van der Waals surface area contributed by atoms with Crippen molar-refractivity contribution in [3.8, 4) is 0 Å². The number of likely N-dealkylation sites (N-methyl/N-ethyl adjacent to an activating group) is 1. The lowest BCUT2D eigenvalue weighted by Crippen LogP contribution is -2.63. The fourth-order valence-corrected chi connectivity index (χ4v) is 5.04. The van der Waals surface area contributed by atoms with Crippen LogP contribution in [-0.4, -0.2) is 40.2 Å². The number of nitrogens with zero attached hydrogens (tertiary/aromatic N) is 1. The highest BCUT2D eigenvalue weighted by Crippen LogP contribution is 2.48. The van der Waals surface area contributed by atoms with Crippen LogP contribution in [0.3, 0.4) is 0 Å². The van der Waals surface area contributed by atoms with E-state index in [1.807, 2.05) is 12.1 Å². The second-order valence-electron chi connectivity index (χ2n) is 7.54. The Morgan fingerprint density at radius 1 is 1.16 bits per heavy atom. The maximum absolute atomic E-state index is 12.2. The molecule has 2 N–H and O–H groups in total. The van der Waals surface area contributed by atoms with Crippen LogP contribution in [0.5, 0.6) is 0 Å². The van der Waals surface area contributed by atoms with Crippen LogP contribution in [0.4, 0.5) is 0 Å². The molecule has 0 spiro atoms. The van der Waals surface area contributed by atoms with E-state index in [2.05, 4.69) is 48.4 Å². The summed E-state index contributed by atoms with van der Waals surface area (Å²) in [6, 6.07) is 16.4. The molecule has 3 heterocycles. The van der Waals surface area contributed by atoms with Gasteiger partial charge in [0.25, 0.3) is 0 Å². The number of fused-ring (bicyclic) bond motifs is 7. The molecule has 0 saturated carbocycles. The Bertz CT molecular complexity index is 1010. The van der Waals surface area contributed by atoms with Gasteiger partial charge in [0.15, 0.2) is 12.1 Å². The minimum Gasteiger partial charge on any atom is -0.477 e. The third-order valence-corrected chi connectivity index (χ3v) is 6.32. The van der Waals surface area contributed by atoms with Gasteiger partial charge in [0.05, 0.1) is 19.3 Å². The number of hydrogen-bond acceptors (Lipinski definition) is 1. The Labute approximate surface area is 146 Å². The van der Waals surface area contributed by atoms with Crippen LogP contribution in [0.1, 0.15) is 28.4 Å². The van der Waals surface area contributed by atoms with Crippen LogP contribution in [0.25, 0.3) is 10.9 Å². The molecule has 0 amide bonds. The van der Waals surface area contributed by atoms with Crippen LogP contribution in [0.15, 0.2) is 48.5 Å². The summed E-state index contributed by atoms with van der Waals surface area (Å²) in [7, 11) is 2.12. The lowest BCUT2D eigenvalue weighted by molar-refractivity contribution is -0.953. The summed E-state index contributed by atoms with van der Waals surface area (Å²) in [5, 5.41) is 11.2. The van der Waals surface area contributed by atoms with Crippen molar-refractivity contribution in [2.24, 2.45) is 0 Å². The van der Waals surface area contributed by atoms with Gasteiger partial charge in [-0.1, -0.05) is 42.5 Å². The van der Waals surface area contributed by atoms with E-state index in [-0.39, 0.29) is 6.04 Å². The second kappa shape index (κ2) is 4.96. The van der Waals surface area contributed by atoms with E-state index in [4.69, 9.17) is 0 Å². The average Bonchev–Trinajstić information content (AvgIpc) is 2.98. The van der Waals surface area contributed by atoms with E-state index in [1.54, 1.807) is 0 Å². The van der Waals surface area contributed by atoms with Gasteiger partial charge in [-0.25, -0.2) is 4.79 Å². The number of para-hydroxylation sites is 1. The van der Waals surface area contributed by atoms with Gasteiger partial charge in [0.1, 0.15) is 0 Å². The van der Waals surface area contributed by atoms with E-state index in [9.17, 15) is 9.90 Å². The van der Waals surface area contributed by atoms with Crippen molar-refractivity contribution in [1.82, 2.24) is 4.98 Å². The molecule has 2 aliphatic rings. The first-order chi connectivity index (χ1) is 12.1. The Hall–Kier alpha value is -2.59. The van der Waals surface area contributed by atoms with Crippen molar-refractivity contribution >= 4 is 16.9 Å². The Morgan fingerprint density at radius 3 is 2.76 bits per heavy atom. The smallest absolute Gasteiger partial charge is 0.362 e. The molecule has 2 aromatic carbocycles. The lowest BCUT2D eigenvalue weighted by Gasteiger charge is -2.51. The highest BCUT2D eigenvalue weighted by Gasteiger charge is 2.53. The van der Waals surface area contributed by atoms with Gasteiger partial charge in [0.2, 0.25) is 0 Å². The predicted molar refractivity (Wildman–Crippen MR) is 96.5 cm³/mol. The second-order valence-corrected chi connectivity index (χ2v) is 7.54. The van der Waals surface area contributed by atoms with Crippen LogP contribution in [-0.2, 0) is 17.6 Å². The van der Waals surface area contributed by atoms with Crippen LogP contribution < -0.4 is 0 Å². The Morgan fingerprint density at radius 2 is 1.92 bits per heavy atom.